The Labute approximate surface area is 185 Å². The summed E-state index contributed by atoms with van der Waals surface area (Å²) in [6.07, 6.45) is -4.22. The molecule has 0 unspecified atom stereocenters. The topological polar surface area (TPSA) is 42.1 Å². The molecular formula is C24H16ClF4NO2. The smallest absolute Gasteiger partial charge is 0.406 e. The van der Waals surface area contributed by atoms with E-state index >= 15 is 0 Å². The lowest BCUT2D eigenvalue weighted by Crippen LogP contribution is -2.17. The summed E-state index contributed by atoms with van der Waals surface area (Å²) in [7, 11) is 0. The first-order chi connectivity index (χ1) is 15.1. The second-order valence-corrected chi connectivity index (χ2v) is 7.71. The van der Waals surface area contributed by atoms with E-state index in [0.717, 1.165) is 16.7 Å². The molecule has 0 aliphatic carbocycles. The predicted octanol–water partition coefficient (Wildman–Crippen LogP) is 6.79. The Morgan fingerprint density at radius 3 is 2.12 bits per heavy atom. The van der Waals surface area contributed by atoms with Gasteiger partial charge < -0.3 is 9.72 Å². The van der Waals surface area contributed by atoms with Crippen LogP contribution in [0.1, 0.15) is 16.7 Å². The van der Waals surface area contributed by atoms with Crippen molar-refractivity contribution in [1.82, 2.24) is 4.98 Å². The second-order valence-electron chi connectivity index (χ2n) is 7.30. The molecule has 0 aliphatic heterocycles. The minimum Gasteiger partial charge on any atom is -0.406 e. The number of aromatic nitrogens is 1. The Bertz CT molecular complexity index is 1340. The summed E-state index contributed by atoms with van der Waals surface area (Å²) in [6.45, 7) is 1.62. The first-order valence-corrected chi connectivity index (χ1v) is 9.95. The average molecular weight is 462 g/mol. The predicted molar refractivity (Wildman–Crippen MR) is 116 cm³/mol. The number of rotatable bonds is 4. The van der Waals surface area contributed by atoms with Gasteiger partial charge in [-0.15, -0.1) is 13.2 Å². The van der Waals surface area contributed by atoms with Crippen molar-refractivity contribution in [1.29, 1.82) is 0 Å². The van der Waals surface area contributed by atoms with Gasteiger partial charge >= 0.3 is 6.36 Å². The summed E-state index contributed by atoms with van der Waals surface area (Å²) in [4.78, 5) is 15.8. The summed E-state index contributed by atoms with van der Waals surface area (Å²) in [6, 6.07) is 16.0. The van der Waals surface area contributed by atoms with Crippen LogP contribution in [0, 0.1) is 12.7 Å². The molecule has 0 radical (unpaired) electrons. The molecule has 0 bridgehead atoms. The van der Waals surface area contributed by atoms with Crippen LogP contribution in [-0.4, -0.2) is 11.3 Å². The first kappa shape index (κ1) is 21.9. The van der Waals surface area contributed by atoms with Crippen molar-refractivity contribution in [3.8, 4) is 17.0 Å². The van der Waals surface area contributed by atoms with E-state index in [0.29, 0.717) is 23.2 Å². The molecule has 3 aromatic carbocycles. The summed E-state index contributed by atoms with van der Waals surface area (Å²) in [5.41, 5.74) is 3.35. The highest BCUT2D eigenvalue weighted by molar-refractivity contribution is 6.31. The number of alkyl halides is 3. The van der Waals surface area contributed by atoms with Crippen molar-refractivity contribution in [3.05, 3.63) is 98.4 Å². The zero-order valence-corrected chi connectivity index (χ0v) is 17.4. The summed E-state index contributed by atoms with van der Waals surface area (Å²) in [5, 5.41) is -0.189. The molecule has 0 aliphatic rings. The van der Waals surface area contributed by atoms with E-state index < -0.39 is 17.6 Å². The molecule has 32 heavy (non-hydrogen) atoms. The van der Waals surface area contributed by atoms with Crippen LogP contribution in [0.5, 0.6) is 5.75 Å². The highest BCUT2D eigenvalue weighted by atomic mass is 35.5. The molecule has 0 saturated heterocycles. The number of H-pyrrole nitrogens is 1. The highest BCUT2D eigenvalue weighted by Gasteiger charge is 2.30. The number of halogens is 5. The molecule has 8 heteroatoms. The van der Waals surface area contributed by atoms with Crippen molar-refractivity contribution < 1.29 is 22.3 Å². The van der Waals surface area contributed by atoms with E-state index in [2.05, 4.69) is 9.72 Å². The Morgan fingerprint density at radius 2 is 1.53 bits per heavy atom. The molecular weight excluding hydrogens is 446 g/mol. The van der Waals surface area contributed by atoms with Crippen LogP contribution >= 0.6 is 11.6 Å². The van der Waals surface area contributed by atoms with Gasteiger partial charge in [-0.25, -0.2) is 4.39 Å². The minimum absolute atomic E-state index is 0.0756. The maximum atomic E-state index is 14.3. The number of pyridine rings is 1. The fourth-order valence-electron chi connectivity index (χ4n) is 3.53. The van der Waals surface area contributed by atoms with Crippen molar-refractivity contribution in [2.45, 2.75) is 19.7 Å². The lowest BCUT2D eigenvalue weighted by molar-refractivity contribution is -0.274. The molecule has 4 rings (SSSR count). The molecule has 4 aromatic rings. The van der Waals surface area contributed by atoms with Gasteiger partial charge in [0.15, 0.2) is 11.2 Å². The minimum atomic E-state index is -4.72. The molecule has 164 valence electrons. The van der Waals surface area contributed by atoms with Gasteiger partial charge in [-0.3, -0.25) is 4.79 Å². The Kier molecular flexibility index (Phi) is 5.69. The fraction of sp³-hybridized carbons (Fsp3) is 0.125. The largest absolute Gasteiger partial charge is 0.573 e. The molecule has 0 spiro atoms. The van der Waals surface area contributed by atoms with Gasteiger partial charge in [0.05, 0.1) is 21.6 Å². The van der Waals surface area contributed by atoms with Crippen LogP contribution in [0.2, 0.25) is 5.02 Å². The molecule has 1 aromatic heterocycles. The normalized spacial score (nSPS) is 11.7. The lowest BCUT2D eigenvalue weighted by Gasteiger charge is -2.11. The molecule has 3 nitrogen and oxygen atoms in total. The Morgan fingerprint density at radius 1 is 0.938 bits per heavy atom. The summed E-state index contributed by atoms with van der Waals surface area (Å²) >= 11 is 5.80. The molecule has 0 atom stereocenters. The van der Waals surface area contributed by atoms with Crippen molar-refractivity contribution >= 4 is 22.5 Å². The van der Waals surface area contributed by atoms with Gasteiger partial charge in [0.1, 0.15) is 5.75 Å². The Balaban J connectivity index is 1.59. The van der Waals surface area contributed by atoms with E-state index in [1.54, 1.807) is 25.1 Å². The number of ether oxygens (including phenoxy) is 1. The first-order valence-electron chi connectivity index (χ1n) is 9.57. The van der Waals surface area contributed by atoms with Crippen LogP contribution in [0.25, 0.3) is 22.2 Å². The van der Waals surface area contributed by atoms with Crippen LogP contribution in [0.4, 0.5) is 17.6 Å². The third kappa shape index (κ3) is 4.48. The highest BCUT2D eigenvalue weighted by Crippen LogP contribution is 2.27. The maximum Gasteiger partial charge on any atom is 0.573 e. The fourth-order valence-corrected chi connectivity index (χ4v) is 3.69. The van der Waals surface area contributed by atoms with Crippen LogP contribution in [-0.2, 0) is 6.42 Å². The van der Waals surface area contributed by atoms with Crippen LogP contribution in [0.15, 0.2) is 65.5 Å². The van der Waals surface area contributed by atoms with Gasteiger partial charge in [0.2, 0.25) is 0 Å². The van der Waals surface area contributed by atoms with Crippen molar-refractivity contribution in [2.24, 2.45) is 0 Å². The van der Waals surface area contributed by atoms with Gasteiger partial charge in [-0.1, -0.05) is 48.0 Å². The summed E-state index contributed by atoms with van der Waals surface area (Å²) in [5.74, 6) is -1.02. The van der Waals surface area contributed by atoms with Crippen LogP contribution < -0.4 is 10.2 Å². The average Bonchev–Trinajstić information content (AvgIpc) is 2.74. The third-order valence-corrected chi connectivity index (χ3v) is 5.40. The number of hydrogen-bond donors (Lipinski definition) is 1. The van der Waals surface area contributed by atoms with E-state index in [1.807, 2.05) is 24.3 Å². The van der Waals surface area contributed by atoms with Crippen LogP contribution in [0.3, 0.4) is 0 Å². The van der Waals surface area contributed by atoms with E-state index in [-0.39, 0.29) is 16.2 Å². The number of fused-ring (bicyclic) bond motifs is 1. The summed E-state index contributed by atoms with van der Waals surface area (Å²) < 4.78 is 55.0. The van der Waals surface area contributed by atoms with E-state index in [9.17, 15) is 22.4 Å². The number of hydrogen-bond acceptors (Lipinski definition) is 2. The van der Waals surface area contributed by atoms with E-state index in [1.165, 1.54) is 18.2 Å². The molecule has 0 amide bonds. The maximum absolute atomic E-state index is 14.3. The van der Waals surface area contributed by atoms with Gasteiger partial charge in [0.25, 0.3) is 0 Å². The SMILES string of the molecule is Cc1c(-c2ccc(Cc3ccc(OC(F)(F)F)cc3)cc2)[nH]c2ccc(Cl)c(F)c2c1=O. The van der Waals surface area contributed by atoms with E-state index in [4.69, 9.17) is 11.6 Å². The van der Waals surface area contributed by atoms with Crippen molar-refractivity contribution in [2.75, 3.05) is 0 Å². The Hall–Kier alpha value is -3.32. The molecule has 1 heterocycles. The molecule has 1 N–H and O–H groups in total. The third-order valence-electron chi connectivity index (χ3n) is 5.10. The number of nitrogens with one attached hydrogen (secondary N) is 1. The molecule has 0 saturated carbocycles. The zero-order valence-electron chi connectivity index (χ0n) is 16.7. The zero-order chi connectivity index (χ0) is 23.0. The van der Waals surface area contributed by atoms with Crippen molar-refractivity contribution in [3.63, 3.8) is 0 Å². The molecule has 0 fully saturated rings. The lowest BCUT2D eigenvalue weighted by atomic mass is 9.99. The monoisotopic (exact) mass is 461 g/mol. The standard InChI is InChI=1S/C24H16ClF4NO2/c1-13-22(30-19-11-10-18(25)21(26)20(19)23(13)31)16-6-2-14(3-7-16)12-15-4-8-17(9-5-15)32-24(27,28)29/h2-11H,12H2,1H3,(H,30,31). The quantitative estimate of drug-likeness (QED) is 0.340. The number of benzene rings is 3. The van der Waals surface area contributed by atoms with Gasteiger partial charge in [-0.2, -0.15) is 0 Å². The van der Waals surface area contributed by atoms with Gasteiger partial charge in [-0.05, 0) is 54.3 Å². The number of aromatic amines is 1. The second kappa shape index (κ2) is 8.31. The van der Waals surface area contributed by atoms with Gasteiger partial charge in [0, 0.05) is 5.56 Å².